The number of hydrogen-bond donors (Lipinski definition) is 0. The van der Waals surface area contributed by atoms with Gasteiger partial charge in [-0.3, -0.25) is 0 Å². The SMILES string of the molecule is [2H]c1cc2c(oc3c[c-]c(-c4cc(CC(C)(C)C)c(C([2H])([2H])C([2H])([2H])c5cc(CC6(c7ccc(-c8[c-]cccc8)nc7)CCCCC6)cc(CC6(c7ccc(-c8[c-]cccc8)nc7)CCCCC6)c5)cn4)cc32)c([2H])c1C#N.[Ir+3]. The molecule has 0 radical (unpaired) electrons. The van der Waals surface area contributed by atoms with E-state index in [-0.39, 0.29) is 65.1 Å². The Morgan fingerprint density at radius 1 is 0.616 bits per heavy atom. The number of aryl methyl sites for hydroxylation is 2. The van der Waals surface area contributed by atoms with E-state index in [1.54, 1.807) is 12.1 Å². The van der Waals surface area contributed by atoms with Gasteiger partial charge in [0.05, 0.1) is 20.0 Å². The second-order valence-corrected chi connectivity index (χ2v) is 21.6. The molecule has 9 aromatic rings. The minimum Gasteiger partial charge on any atom is -0.500 e. The van der Waals surface area contributed by atoms with E-state index in [2.05, 4.69) is 69.3 Å². The van der Waals surface area contributed by atoms with Crippen molar-refractivity contribution in [3.63, 3.8) is 0 Å². The molecule has 5 aromatic carbocycles. The van der Waals surface area contributed by atoms with Gasteiger partial charge in [0, 0.05) is 40.3 Å². The van der Waals surface area contributed by atoms with Gasteiger partial charge >= 0.3 is 20.1 Å². The third-order valence-electron chi connectivity index (χ3n) is 15.2. The van der Waals surface area contributed by atoms with Gasteiger partial charge < -0.3 is 19.4 Å². The minimum atomic E-state index is -2.55. The monoisotopic (exact) mass is 1140 g/mol. The summed E-state index contributed by atoms with van der Waals surface area (Å²) in [5.41, 5.74) is 9.97. The molecule has 0 aliphatic heterocycles. The molecule has 2 saturated carbocycles. The number of aromatic nitrogens is 3. The van der Waals surface area contributed by atoms with Gasteiger partial charge in [0.25, 0.3) is 0 Å². The number of furan rings is 1. The fourth-order valence-corrected chi connectivity index (χ4v) is 11.7. The van der Waals surface area contributed by atoms with E-state index in [9.17, 15) is 10.7 Å². The van der Waals surface area contributed by atoms with Gasteiger partial charge in [-0.1, -0.05) is 119 Å². The molecule has 0 amide bonds. The Bertz CT molecular complexity index is 3560. The summed E-state index contributed by atoms with van der Waals surface area (Å²) in [6.07, 6.45) is 12.7. The van der Waals surface area contributed by atoms with Crippen molar-refractivity contribution in [3.8, 4) is 39.8 Å². The standard InChI is InChI=1S/C67H63N4O.Ir/c1-65(2,3)42-55-39-62(53-23-29-63-59(38-53)58-26-21-48(43-68)37-64(58)72-63)69-44-54(55)22-20-47-34-49(40-66(30-12-6-13-31-66)56-24-27-60(70-45-56)51-16-8-4-9-17-51)36-50(35-47)41-67(32-14-7-15-33-67)57-25-28-61(71-46-57)52-18-10-5-11-19-52;/h4-5,8-11,16,18,21,24-29,34-39,44-46H,6-7,12-15,20,22,30-33,40-42H2,1-3H3;/q-3;+3/i20D2,21D,22D2,37D;. The van der Waals surface area contributed by atoms with Crippen molar-refractivity contribution in [1.82, 2.24) is 15.0 Å². The van der Waals surface area contributed by atoms with Crippen molar-refractivity contribution in [2.45, 2.75) is 128 Å². The van der Waals surface area contributed by atoms with Crippen LogP contribution in [0.5, 0.6) is 0 Å². The van der Waals surface area contributed by atoms with Crippen LogP contribution < -0.4 is 0 Å². The third-order valence-corrected chi connectivity index (χ3v) is 15.2. The van der Waals surface area contributed by atoms with Crippen molar-refractivity contribution in [1.29, 1.82) is 5.26 Å². The first-order valence-electron chi connectivity index (χ1n) is 28.7. The Morgan fingerprint density at radius 3 is 1.74 bits per heavy atom. The zero-order chi connectivity index (χ0) is 54.5. The predicted octanol–water partition coefficient (Wildman–Crippen LogP) is 16.3. The van der Waals surface area contributed by atoms with Crippen LogP contribution in [-0.2, 0) is 62.9 Å². The van der Waals surface area contributed by atoms with Gasteiger partial charge in [0.1, 0.15) is 5.58 Å². The zero-order valence-electron chi connectivity index (χ0n) is 47.9. The molecular weight excluding hydrogens is 1070 g/mol. The summed E-state index contributed by atoms with van der Waals surface area (Å²) >= 11 is 0. The molecule has 0 saturated heterocycles. The average Bonchev–Trinajstić information content (AvgIpc) is 3.98. The number of pyridine rings is 3. The summed E-state index contributed by atoms with van der Waals surface area (Å²) in [4.78, 5) is 14.9. The number of nitriles is 1. The van der Waals surface area contributed by atoms with Crippen molar-refractivity contribution in [3.05, 3.63) is 209 Å². The van der Waals surface area contributed by atoms with Crippen molar-refractivity contribution >= 4 is 21.9 Å². The molecule has 73 heavy (non-hydrogen) atoms. The molecule has 0 bridgehead atoms. The maximum Gasteiger partial charge on any atom is 3.00 e. The Labute approximate surface area is 454 Å². The van der Waals surface area contributed by atoms with Gasteiger partial charge in [-0.25, -0.2) is 0 Å². The molecule has 0 spiro atoms. The first kappa shape index (κ1) is 42.9. The van der Waals surface area contributed by atoms with Gasteiger partial charge in [-0.2, -0.15) is 5.26 Å². The van der Waals surface area contributed by atoms with Crippen LogP contribution in [0.15, 0.2) is 150 Å². The van der Waals surface area contributed by atoms with Crippen LogP contribution in [0.2, 0.25) is 0 Å². The smallest absolute Gasteiger partial charge is 0.500 e. The molecule has 2 fully saturated rings. The van der Waals surface area contributed by atoms with Gasteiger partial charge in [0.2, 0.25) is 0 Å². The molecule has 2 aliphatic rings. The summed E-state index contributed by atoms with van der Waals surface area (Å²) in [6.45, 7) is 6.27. The molecular formula is C67H63IrN4O. The Balaban J connectivity index is 0.00000704. The molecule has 2 aliphatic carbocycles. The summed E-state index contributed by atoms with van der Waals surface area (Å²) in [7, 11) is 0. The van der Waals surface area contributed by atoms with Crippen molar-refractivity contribution < 1.29 is 32.7 Å². The number of benzene rings is 5. The Kier molecular flexibility index (Phi) is 12.7. The van der Waals surface area contributed by atoms with Gasteiger partial charge in [-0.05, 0) is 131 Å². The summed E-state index contributed by atoms with van der Waals surface area (Å²) in [6, 6.07) is 49.2. The molecule has 6 heteroatoms. The molecule has 4 heterocycles. The third kappa shape index (κ3) is 11.1. The zero-order valence-corrected chi connectivity index (χ0v) is 44.3. The molecule has 0 N–H and O–H groups in total. The maximum absolute atomic E-state index is 10.2. The van der Waals surface area contributed by atoms with Crippen LogP contribution in [0, 0.1) is 34.9 Å². The van der Waals surface area contributed by atoms with Gasteiger partial charge in [0.15, 0.2) is 0 Å². The molecule has 0 unspecified atom stereocenters. The molecule has 4 aromatic heterocycles. The minimum absolute atomic E-state index is 0. The van der Waals surface area contributed by atoms with E-state index >= 15 is 0 Å². The van der Waals surface area contributed by atoms with Crippen molar-refractivity contribution in [2.75, 3.05) is 0 Å². The summed E-state index contributed by atoms with van der Waals surface area (Å²) in [5, 5.41) is 10.8. The molecule has 0 atom stereocenters. The van der Waals surface area contributed by atoms with E-state index in [1.165, 1.54) is 17.3 Å². The summed E-state index contributed by atoms with van der Waals surface area (Å²) in [5.74, 6) is 0. The quantitative estimate of drug-likeness (QED) is 0.108. The topological polar surface area (TPSA) is 75.6 Å². The van der Waals surface area contributed by atoms with Crippen molar-refractivity contribution in [2.24, 2.45) is 5.41 Å². The van der Waals surface area contributed by atoms with E-state index in [1.807, 2.05) is 91.3 Å². The second kappa shape index (κ2) is 21.5. The first-order valence-corrected chi connectivity index (χ1v) is 25.7. The van der Waals surface area contributed by atoms with Crippen LogP contribution >= 0.6 is 0 Å². The van der Waals surface area contributed by atoms with Crippen LogP contribution in [0.25, 0.3) is 55.7 Å². The Hall–Kier alpha value is -6.51. The molecule has 5 nitrogen and oxygen atoms in total. The van der Waals surface area contributed by atoms with Crippen LogP contribution in [0.4, 0.5) is 0 Å². The number of nitrogens with zero attached hydrogens (tertiary/aromatic N) is 4. The fraction of sp³-hybridized carbons (Fsp3) is 0.313. The molecule has 366 valence electrons. The Morgan fingerprint density at radius 2 is 1.21 bits per heavy atom. The molecule has 11 rings (SSSR count). The van der Waals surface area contributed by atoms with E-state index < -0.39 is 12.7 Å². The van der Waals surface area contributed by atoms with Crippen LogP contribution in [-0.4, -0.2) is 15.0 Å². The number of fused-ring (bicyclic) bond motifs is 3. The van der Waals surface area contributed by atoms with E-state index in [4.69, 9.17) is 22.1 Å². The largest absolute Gasteiger partial charge is 3.00 e. The first-order chi connectivity index (χ1) is 37.5. The average molecular weight is 1140 g/mol. The summed E-state index contributed by atoms with van der Waals surface area (Å²) < 4.78 is 63.7. The van der Waals surface area contributed by atoms with Crippen LogP contribution in [0.1, 0.15) is 138 Å². The number of rotatable bonds is 13. The predicted molar refractivity (Wildman–Crippen MR) is 291 cm³/mol. The normalized spacial score (nSPS) is 17.0. The second-order valence-electron chi connectivity index (χ2n) is 21.6. The van der Waals surface area contributed by atoms with Crippen LogP contribution in [0.3, 0.4) is 0 Å². The van der Waals surface area contributed by atoms with Gasteiger partial charge in [-0.15, -0.1) is 95.6 Å². The maximum atomic E-state index is 10.2. The van der Waals surface area contributed by atoms with E-state index in [0.717, 1.165) is 97.8 Å². The van der Waals surface area contributed by atoms with E-state index in [0.29, 0.717) is 58.0 Å². The number of hydrogen-bond acceptors (Lipinski definition) is 5. The fourth-order valence-electron chi connectivity index (χ4n) is 11.7.